The average Bonchev–Trinajstić information content (AvgIpc) is 2.87. The van der Waals surface area contributed by atoms with Gasteiger partial charge in [0.15, 0.2) is 5.78 Å². The van der Waals surface area contributed by atoms with E-state index in [2.05, 4.69) is 21.0 Å². The number of halogens is 1. The third-order valence-electron chi connectivity index (χ3n) is 2.26. The summed E-state index contributed by atoms with van der Waals surface area (Å²) in [6.07, 6.45) is 4.09. The summed E-state index contributed by atoms with van der Waals surface area (Å²) < 4.78 is 2.81. The molecule has 0 atom stereocenters. The van der Waals surface area contributed by atoms with Crippen molar-refractivity contribution in [1.82, 2.24) is 9.78 Å². The van der Waals surface area contributed by atoms with Gasteiger partial charge < -0.3 is 0 Å². The molecule has 2 aromatic rings. The monoisotopic (exact) mass is 298 g/mol. The first kappa shape index (κ1) is 11.5. The molecule has 0 aliphatic carbocycles. The molecule has 0 aromatic carbocycles. The minimum atomic E-state index is 0.137. The zero-order valence-electron chi connectivity index (χ0n) is 8.81. The van der Waals surface area contributed by atoms with E-state index >= 15 is 0 Å². The number of Topliss-reactive ketones (excluding diaryl/α,β-unsaturated/α-hetero) is 1. The lowest BCUT2D eigenvalue weighted by molar-refractivity contribution is 0.0993. The molecule has 2 heterocycles. The van der Waals surface area contributed by atoms with Gasteiger partial charge in [-0.15, -0.1) is 11.3 Å². The predicted octanol–water partition coefficient (Wildman–Crippen LogP) is 3.15. The first-order valence-electron chi connectivity index (χ1n) is 4.97. The summed E-state index contributed by atoms with van der Waals surface area (Å²) in [5, 5.41) is 6.02. The highest BCUT2D eigenvalue weighted by atomic mass is 79.9. The van der Waals surface area contributed by atoms with Crippen molar-refractivity contribution in [3.8, 4) is 0 Å². The van der Waals surface area contributed by atoms with Crippen molar-refractivity contribution >= 4 is 33.0 Å². The van der Waals surface area contributed by atoms with Crippen LogP contribution in [0.4, 0.5) is 0 Å². The molecule has 3 nitrogen and oxygen atoms in total. The number of carbonyl (C=O) groups is 1. The first-order valence-corrected chi connectivity index (χ1v) is 6.65. The van der Waals surface area contributed by atoms with Gasteiger partial charge in [-0.25, -0.2) is 0 Å². The van der Waals surface area contributed by atoms with Crippen LogP contribution in [0, 0.1) is 0 Å². The van der Waals surface area contributed by atoms with Gasteiger partial charge >= 0.3 is 0 Å². The molecule has 84 valence electrons. The molecule has 0 N–H and O–H groups in total. The Morgan fingerprint density at radius 2 is 2.44 bits per heavy atom. The highest BCUT2D eigenvalue weighted by molar-refractivity contribution is 9.11. The number of carbonyl (C=O) groups excluding carboxylic acids is 1. The Labute approximate surface area is 106 Å². The standard InChI is InChI=1S/C11H11BrN2OS/c1-2-14-6-8(5-13-14)3-10(15)9-4-11(12)16-7-9/h4-7H,2-3H2,1H3. The van der Waals surface area contributed by atoms with Gasteiger partial charge in [-0.2, -0.15) is 5.10 Å². The molecule has 0 aliphatic rings. The molecule has 16 heavy (non-hydrogen) atoms. The molecule has 0 saturated heterocycles. The number of thiophene rings is 1. The van der Waals surface area contributed by atoms with Gasteiger partial charge in [0, 0.05) is 30.1 Å². The van der Waals surface area contributed by atoms with Crippen LogP contribution in [0.15, 0.2) is 27.6 Å². The summed E-state index contributed by atoms with van der Waals surface area (Å²) >= 11 is 4.88. The quantitative estimate of drug-likeness (QED) is 0.813. The Balaban J connectivity index is 2.07. The van der Waals surface area contributed by atoms with Crippen molar-refractivity contribution in [2.45, 2.75) is 19.9 Å². The Kier molecular flexibility index (Phi) is 3.56. The number of aryl methyl sites for hydroxylation is 1. The Hall–Kier alpha value is -0.940. The highest BCUT2D eigenvalue weighted by Gasteiger charge is 2.10. The van der Waals surface area contributed by atoms with E-state index in [1.165, 1.54) is 11.3 Å². The molecule has 0 amide bonds. The Bertz CT molecular complexity index is 504. The van der Waals surface area contributed by atoms with E-state index in [-0.39, 0.29) is 5.78 Å². The zero-order chi connectivity index (χ0) is 11.5. The van der Waals surface area contributed by atoms with Crippen molar-refractivity contribution in [3.05, 3.63) is 38.8 Å². The van der Waals surface area contributed by atoms with E-state index in [1.807, 2.05) is 29.2 Å². The SMILES string of the molecule is CCn1cc(CC(=O)c2csc(Br)c2)cn1. The zero-order valence-corrected chi connectivity index (χ0v) is 11.2. The number of ketones is 1. The van der Waals surface area contributed by atoms with Gasteiger partial charge in [0.25, 0.3) is 0 Å². The van der Waals surface area contributed by atoms with E-state index in [0.29, 0.717) is 6.42 Å². The van der Waals surface area contributed by atoms with Crippen LogP contribution in [-0.4, -0.2) is 15.6 Å². The summed E-state index contributed by atoms with van der Waals surface area (Å²) in [6, 6.07) is 1.86. The smallest absolute Gasteiger partial charge is 0.168 e. The fourth-order valence-electron chi connectivity index (χ4n) is 1.41. The lowest BCUT2D eigenvalue weighted by Gasteiger charge is -1.94. The summed E-state index contributed by atoms with van der Waals surface area (Å²) in [4.78, 5) is 11.9. The number of aromatic nitrogens is 2. The molecule has 0 unspecified atom stereocenters. The maximum atomic E-state index is 11.9. The second-order valence-electron chi connectivity index (χ2n) is 3.44. The highest BCUT2D eigenvalue weighted by Crippen LogP contribution is 2.21. The number of hydrogen-bond donors (Lipinski definition) is 0. The predicted molar refractivity (Wildman–Crippen MR) is 68.0 cm³/mol. The summed E-state index contributed by atoms with van der Waals surface area (Å²) in [6.45, 7) is 2.85. The summed E-state index contributed by atoms with van der Waals surface area (Å²) in [7, 11) is 0. The molecule has 2 rings (SSSR count). The molecular weight excluding hydrogens is 288 g/mol. The lowest BCUT2D eigenvalue weighted by Crippen LogP contribution is -2.01. The maximum Gasteiger partial charge on any atom is 0.168 e. The van der Waals surface area contributed by atoms with Crippen molar-refractivity contribution in [1.29, 1.82) is 0 Å². The molecule has 0 fully saturated rings. The van der Waals surface area contributed by atoms with Gasteiger partial charge in [-0.05, 0) is 34.5 Å². The summed E-state index contributed by atoms with van der Waals surface area (Å²) in [5.74, 6) is 0.137. The molecular formula is C11H11BrN2OS. The molecule has 2 aromatic heterocycles. The molecule has 5 heteroatoms. The molecule has 0 saturated carbocycles. The van der Waals surface area contributed by atoms with Crippen LogP contribution in [0.2, 0.25) is 0 Å². The number of nitrogens with zero attached hydrogens (tertiary/aromatic N) is 2. The number of rotatable bonds is 4. The van der Waals surface area contributed by atoms with Crippen LogP contribution in [0.1, 0.15) is 22.8 Å². The lowest BCUT2D eigenvalue weighted by atomic mass is 10.1. The van der Waals surface area contributed by atoms with Gasteiger partial charge in [0.1, 0.15) is 0 Å². The first-order chi connectivity index (χ1) is 7.69. The van der Waals surface area contributed by atoms with Crippen molar-refractivity contribution in [2.24, 2.45) is 0 Å². The third kappa shape index (κ3) is 2.59. The molecule has 0 bridgehead atoms. The van der Waals surface area contributed by atoms with E-state index in [9.17, 15) is 4.79 Å². The topological polar surface area (TPSA) is 34.9 Å². The molecule has 0 aliphatic heterocycles. The van der Waals surface area contributed by atoms with E-state index in [0.717, 1.165) is 21.5 Å². The van der Waals surface area contributed by atoms with Crippen molar-refractivity contribution in [2.75, 3.05) is 0 Å². The number of hydrogen-bond acceptors (Lipinski definition) is 3. The van der Waals surface area contributed by atoms with E-state index in [4.69, 9.17) is 0 Å². The van der Waals surface area contributed by atoms with Gasteiger partial charge in [-0.1, -0.05) is 0 Å². The van der Waals surface area contributed by atoms with Crippen molar-refractivity contribution < 1.29 is 4.79 Å². The van der Waals surface area contributed by atoms with Gasteiger partial charge in [-0.3, -0.25) is 9.48 Å². The second-order valence-corrected chi connectivity index (χ2v) is 5.73. The van der Waals surface area contributed by atoms with Crippen LogP contribution in [0.3, 0.4) is 0 Å². The molecule has 0 radical (unpaired) electrons. The van der Waals surface area contributed by atoms with Crippen LogP contribution >= 0.6 is 27.3 Å². The second kappa shape index (κ2) is 4.93. The van der Waals surface area contributed by atoms with Crippen LogP contribution in [-0.2, 0) is 13.0 Å². The summed E-state index contributed by atoms with van der Waals surface area (Å²) in [5.41, 5.74) is 1.73. The maximum absolute atomic E-state index is 11.9. The van der Waals surface area contributed by atoms with E-state index in [1.54, 1.807) is 6.20 Å². The van der Waals surface area contributed by atoms with Gasteiger partial charge in [0.05, 0.1) is 9.98 Å². The largest absolute Gasteiger partial charge is 0.294 e. The normalized spacial score (nSPS) is 10.6. The van der Waals surface area contributed by atoms with Crippen LogP contribution in [0.25, 0.3) is 0 Å². The van der Waals surface area contributed by atoms with Crippen LogP contribution in [0.5, 0.6) is 0 Å². The Morgan fingerprint density at radius 1 is 1.62 bits per heavy atom. The molecule has 0 spiro atoms. The van der Waals surface area contributed by atoms with E-state index < -0.39 is 0 Å². The van der Waals surface area contributed by atoms with Gasteiger partial charge in [0.2, 0.25) is 0 Å². The average molecular weight is 299 g/mol. The fraction of sp³-hybridized carbons (Fsp3) is 0.273. The third-order valence-corrected chi connectivity index (χ3v) is 3.77. The minimum Gasteiger partial charge on any atom is -0.294 e. The minimum absolute atomic E-state index is 0.137. The fourth-order valence-corrected chi connectivity index (χ4v) is 2.58. The Morgan fingerprint density at radius 3 is 3.00 bits per heavy atom. The van der Waals surface area contributed by atoms with Crippen LogP contribution < -0.4 is 0 Å². The van der Waals surface area contributed by atoms with Crippen molar-refractivity contribution in [3.63, 3.8) is 0 Å².